The molecule has 0 aliphatic carbocycles. The Labute approximate surface area is 167 Å². The van der Waals surface area contributed by atoms with Gasteiger partial charge in [-0.15, -0.1) is 24.5 Å². The Morgan fingerprint density at radius 2 is 1.83 bits per heavy atom. The van der Waals surface area contributed by atoms with Crippen molar-refractivity contribution in [2.24, 2.45) is 0 Å². The van der Waals surface area contributed by atoms with Crippen LogP contribution in [-0.4, -0.2) is 25.9 Å². The maximum absolute atomic E-state index is 12.5. The molecule has 0 unspecified atom stereocenters. The summed E-state index contributed by atoms with van der Waals surface area (Å²) in [5.74, 6) is -2.48. The average molecular weight is 445 g/mol. The Kier molecular flexibility index (Phi) is 5.82. The van der Waals surface area contributed by atoms with Gasteiger partial charge in [-0.25, -0.2) is 8.42 Å². The molecule has 0 amide bonds. The largest absolute Gasteiger partial charge is 0.573 e. The molecule has 0 spiro atoms. The van der Waals surface area contributed by atoms with Gasteiger partial charge >= 0.3 is 12.3 Å². The summed E-state index contributed by atoms with van der Waals surface area (Å²) in [6.07, 6.45) is -4.89. The minimum Gasteiger partial charge on any atom is -0.480 e. The molecule has 0 fully saturated rings. The number of fused-ring (bicyclic) bond motifs is 1. The number of ether oxygens (including phenoxy) is 1. The number of hydrogen-bond acceptors (Lipinski definition) is 5. The summed E-state index contributed by atoms with van der Waals surface area (Å²) < 4.78 is 68.4. The molecule has 1 atom stereocenters. The zero-order valence-corrected chi connectivity index (χ0v) is 16.1. The molecule has 3 rings (SSSR count). The number of rotatable bonds is 7. The number of alkyl halides is 3. The molecule has 2 N–H and O–H groups in total. The highest BCUT2D eigenvalue weighted by molar-refractivity contribution is 7.88. The van der Waals surface area contributed by atoms with E-state index >= 15 is 0 Å². The number of sulfonamides is 1. The monoisotopic (exact) mass is 445 g/mol. The summed E-state index contributed by atoms with van der Waals surface area (Å²) in [5, 5.41) is 12.1. The van der Waals surface area contributed by atoms with Gasteiger partial charge in [0.1, 0.15) is 11.8 Å². The fourth-order valence-electron chi connectivity index (χ4n) is 2.67. The number of thiophene rings is 1. The van der Waals surface area contributed by atoms with Crippen LogP contribution in [0.5, 0.6) is 5.75 Å². The van der Waals surface area contributed by atoms with Crippen LogP contribution in [-0.2, 0) is 20.6 Å². The van der Waals surface area contributed by atoms with Gasteiger partial charge in [-0.1, -0.05) is 18.2 Å². The summed E-state index contributed by atoms with van der Waals surface area (Å²) in [6, 6.07) is 9.23. The lowest BCUT2D eigenvalue weighted by atomic mass is 10.1. The maximum atomic E-state index is 12.5. The molecule has 11 heteroatoms. The van der Waals surface area contributed by atoms with E-state index < -0.39 is 39.9 Å². The first kappa shape index (κ1) is 21.1. The molecule has 154 valence electrons. The Bertz CT molecular complexity index is 1120. The molecule has 0 aliphatic heterocycles. The summed E-state index contributed by atoms with van der Waals surface area (Å²) >= 11 is 1.51. The number of aliphatic carboxylic acids is 1. The minimum atomic E-state index is -4.89. The molecule has 0 bridgehead atoms. The van der Waals surface area contributed by atoms with Gasteiger partial charge in [-0.05, 0) is 52.2 Å². The molecule has 2 aromatic carbocycles. The number of nitrogens with one attached hydrogen (secondary N) is 1. The lowest BCUT2D eigenvalue weighted by molar-refractivity contribution is -0.274. The van der Waals surface area contributed by atoms with Crippen LogP contribution < -0.4 is 9.46 Å². The van der Waals surface area contributed by atoms with Gasteiger partial charge in [0.25, 0.3) is 0 Å². The highest BCUT2D eigenvalue weighted by atomic mass is 32.2. The third kappa shape index (κ3) is 5.68. The quantitative estimate of drug-likeness (QED) is 0.573. The number of carboxylic acids is 1. The van der Waals surface area contributed by atoms with E-state index in [1.807, 2.05) is 11.4 Å². The predicted molar refractivity (Wildman–Crippen MR) is 101 cm³/mol. The van der Waals surface area contributed by atoms with Crippen LogP contribution in [0.2, 0.25) is 0 Å². The van der Waals surface area contributed by atoms with Crippen LogP contribution in [0.25, 0.3) is 10.1 Å². The Balaban J connectivity index is 1.77. The zero-order chi connectivity index (χ0) is 21.2. The fraction of sp³-hybridized carbons (Fsp3) is 0.167. The summed E-state index contributed by atoms with van der Waals surface area (Å²) in [4.78, 5) is 11.5. The number of carboxylic acid groups (broad SMARTS) is 1. The Hall–Kier alpha value is -2.63. The number of benzene rings is 2. The standard InChI is InChI=1S/C18H14F3NO5S2/c19-18(20,21)27-14-4-2-12(3-5-14)16(17(23)24)22-29(25,26)10-11-1-6-15-13(9-11)7-8-28-15/h1-9,16,22H,10H2,(H,23,24)/t16-/m1/s1. The van der Waals surface area contributed by atoms with Gasteiger partial charge in [0.15, 0.2) is 0 Å². The minimum absolute atomic E-state index is 0.0381. The van der Waals surface area contributed by atoms with Crippen molar-refractivity contribution in [3.05, 3.63) is 65.0 Å². The van der Waals surface area contributed by atoms with Crippen molar-refractivity contribution in [2.45, 2.75) is 18.2 Å². The molecule has 3 aromatic rings. The molecule has 6 nitrogen and oxygen atoms in total. The van der Waals surface area contributed by atoms with Crippen LogP contribution in [0.3, 0.4) is 0 Å². The third-order valence-electron chi connectivity index (χ3n) is 3.86. The van der Waals surface area contributed by atoms with E-state index in [0.717, 1.165) is 34.4 Å². The van der Waals surface area contributed by atoms with Crippen molar-refractivity contribution in [1.29, 1.82) is 0 Å². The van der Waals surface area contributed by atoms with E-state index in [0.29, 0.717) is 5.56 Å². The van der Waals surface area contributed by atoms with Crippen molar-refractivity contribution in [3.63, 3.8) is 0 Å². The molecule has 29 heavy (non-hydrogen) atoms. The maximum Gasteiger partial charge on any atom is 0.573 e. The first-order valence-electron chi connectivity index (χ1n) is 8.07. The van der Waals surface area contributed by atoms with Crippen LogP contribution in [0.1, 0.15) is 17.2 Å². The van der Waals surface area contributed by atoms with E-state index in [2.05, 4.69) is 9.46 Å². The van der Waals surface area contributed by atoms with Gasteiger partial charge < -0.3 is 9.84 Å². The van der Waals surface area contributed by atoms with Crippen molar-refractivity contribution in [3.8, 4) is 5.75 Å². The van der Waals surface area contributed by atoms with Crippen LogP contribution in [0.4, 0.5) is 13.2 Å². The van der Waals surface area contributed by atoms with Gasteiger partial charge in [-0.2, -0.15) is 4.72 Å². The molecule has 0 saturated carbocycles. The molecule has 0 aliphatic rings. The van der Waals surface area contributed by atoms with Crippen molar-refractivity contribution in [1.82, 2.24) is 4.72 Å². The lowest BCUT2D eigenvalue weighted by Gasteiger charge is -2.16. The molecular formula is C18H14F3NO5S2. The van der Waals surface area contributed by atoms with E-state index in [4.69, 9.17) is 0 Å². The highest BCUT2D eigenvalue weighted by Crippen LogP contribution is 2.26. The van der Waals surface area contributed by atoms with Gasteiger partial charge in [0.05, 0.1) is 5.75 Å². The summed E-state index contributed by atoms with van der Waals surface area (Å²) in [6.45, 7) is 0. The molecule has 0 radical (unpaired) electrons. The molecule has 1 heterocycles. The Morgan fingerprint density at radius 1 is 1.14 bits per heavy atom. The first-order chi connectivity index (χ1) is 13.5. The third-order valence-corrected chi connectivity index (χ3v) is 6.07. The van der Waals surface area contributed by atoms with Crippen molar-refractivity contribution >= 4 is 37.4 Å². The van der Waals surface area contributed by atoms with Crippen molar-refractivity contribution in [2.75, 3.05) is 0 Å². The van der Waals surface area contributed by atoms with Crippen molar-refractivity contribution < 1.29 is 36.2 Å². The van der Waals surface area contributed by atoms with E-state index in [1.165, 1.54) is 11.3 Å². The van der Waals surface area contributed by atoms with E-state index in [-0.39, 0.29) is 5.56 Å². The fourth-order valence-corrected chi connectivity index (χ4v) is 4.74. The number of carbonyl (C=O) groups is 1. The lowest BCUT2D eigenvalue weighted by Crippen LogP contribution is -2.34. The second kappa shape index (κ2) is 8.01. The summed E-state index contributed by atoms with van der Waals surface area (Å²) in [5.41, 5.74) is 0.436. The van der Waals surface area contributed by atoms with Gasteiger partial charge in [0, 0.05) is 4.70 Å². The Morgan fingerprint density at radius 3 is 2.45 bits per heavy atom. The van der Waals surface area contributed by atoms with Crippen LogP contribution >= 0.6 is 11.3 Å². The number of hydrogen-bond donors (Lipinski definition) is 2. The van der Waals surface area contributed by atoms with Gasteiger partial charge in [-0.3, -0.25) is 4.79 Å². The number of halogens is 3. The smallest absolute Gasteiger partial charge is 0.480 e. The zero-order valence-electron chi connectivity index (χ0n) is 14.5. The highest BCUT2D eigenvalue weighted by Gasteiger charge is 2.31. The molecular weight excluding hydrogens is 431 g/mol. The predicted octanol–water partition coefficient (Wildman–Crippen LogP) is 4.05. The van der Waals surface area contributed by atoms with Crippen LogP contribution in [0, 0.1) is 0 Å². The molecule has 0 saturated heterocycles. The van der Waals surface area contributed by atoms with Gasteiger partial charge in [0.2, 0.25) is 10.0 Å². The first-order valence-corrected chi connectivity index (χ1v) is 10.6. The summed E-state index contributed by atoms with van der Waals surface area (Å²) in [7, 11) is -4.06. The molecule has 1 aromatic heterocycles. The topological polar surface area (TPSA) is 92.7 Å². The second-order valence-corrected chi connectivity index (χ2v) is 8.76. The van der Waals surface area contributed by atoms with E-state index in [9.17, 15) is 31.5 Å². The SMILES string of the molecule is O=C(O)[C@H](NS(=O)(=O)Cc1ccc2sccc2c1)c1ccc(OC(F)(F)F)cc1. The second-order valence-electron chi connectivity index (χ2n) is 6.06. The average Bonchev–Trinajstić information content (AvgIpc) is 3.06. The normalized spacial score (nSPS) is 13.3. The van der Waals surface area contributed by atoms with E-state index in [1.54, 1.807) is 18.2 Å². The van der Waals surface area contributed by atoms with Crippen LogP contribution in [0.15, 0.2) is 53.9 Å².